The van der Waals surface area contributed by atoms with Gasteiger partial charge in [0.2, 0.25) is 11.1 Å². The summed E-state index contributed by atoms with van der Waals surface area (Å²) < 4.78 is 36.1. The molecule has 4 aliphatic heterocycles. The number of hydrogen-bond acceptors (Lipinski definition) is 19. The average molecular weight is 1690 g/mol. The molecule has 4 fully saturated rings. The number of aliphatic hydroxyl groups excluding tert-OH is 2. The highest BCUT2D eigenvalue weighted by molar-refractivity contribution is 7.86. The normalized spacial score (nSPS) is 17.7. The van der Waals surface area contributed by atoms with E-state index < -0.39 is 14.4 Å². The van der Waals surface area contributed by atoms with Crippen molar-refractivity contribution in [2.45, 2.75) is 130 Å². The molecule has 4 aromatic heterocycles. The molecule has 7 N–H and O–H groups in total. The van der Waals surface area contributed by atoms with E-state index in [2.05, 4.69) is 130 Å². The molecular weight excluding hydrogens is 1580 g/mol. The predicted octanol–water partition coefficient (Wildman–Crippen LogP) is 12.5. The van der Waals surface area contributed by atoms with Gasteiger partial charge in [-0.25, -0.2) is 0 Å². The number of methoxy groups -OCH3 is 2. The number of thiophene rings is 4. The Morgan fingerprint density at radius 3 is 1.27 bits per heavy atom. The number of nitrogens with zero attached hydrogens (tertiary/aromatic N) is 3. The number of ether oxygens (including phenoxy) is 2. The number of carbonyl (C=O) groups excluding carboxylic acids is 2. The Balaban J connectivity index is 0.000000241. The van der Waals surface area contributed by atoms with Crippen LogP contribution in [0.2, 0.25) is 0 Å². The van der Waals surface area contributed by atoms with Crippen molar-refractivity contribution in [1.29, 1.82) is 0 Å². The number of benzene rings is 4. The van der Waals surface area contributed by atoms with Crippen LogP contribution < -0.4 is 43.5 Å². The summed E-state index contributed by atoms with van der Waals surface area (Å²) in [6.45, 7) is 17.6. The van der Waals surface area contributed by atoms with E-state index in [4.69, 9.17) is 55.9 Å². The van der Waals surface area contributed by atoms with Crippen molar-refractivity contribution in [1.82, 2.24) is 15.1 Å². The maximum atomic E-state index is 12.9. The number of piperidine rings is 4. The highest BCUT2D eigenvalue weighted by Crippen LogP contribution is 2.34. The van der Waals surface area contributed by atoms with E-state index in [1.165, 1.54) is 26.7 Å². The Hall–Kier alpha value is -4.74. The van der Waals surface area contributed by atoms with Crippen LogP contribution in [0.4, 0.5) is 22.7 Å². The first-order chi connectivity index (χ1) is 52.2. The number of quaternary nitrogens is 1. The van der Waals surface area contributed by atoms with E-state index in [1.54, 1.807) is 37.4 Å². The van der Waals surface area contributed by atoms with Crippen molar-refractivity contribution < 1.29 is 59.2 Å². The van der Waals surface area contributed by atoms with Gasteiger partial charge < -0.3 is 73.0 Å². The van der Waals surface area contributed by atoms with Crippen molar-refractivity contribution in [2.75, 3.05) is 146 Å². The molecule has 4 aromatic carbocycles. The summed E-state index contributed by atoms with van der Waals surface area (Å²) in [7, 11) is 0.278. The lowest BCUT2D eigenvalue weighted by Crippen LogP contribution is -3.14. The first kappa shape index (κ1) is 94.9. The standard InChI is InChI=1S/C22H30N2O2S.C19H26N2OS.C18H24N2OS.C12H18N2O.C7H10O3S2.C3H5ClO.CHCl3.ClH/c1-3-21(25)24(19-8-5-4-6-9-19)22(18-26-2)12-15-23(16-13-22)14-11-20-10-7-17-27-20;1-22-16-19(20-17-6-3-2-4-7-17)10-13-21(14-11-19)12-9-18-8-5-15-23-18;21-15-18(19-16-5-2-1-3-6-16)9-12-20(13-10-18)11-8-17-7-4-14-22-17;15-10-12(6-8-13-9-7-12)14-11-4-2-1-3-5-11;1-12(8,9)10-5-4-7-3-2-6-11-7;1-2-3(4)5;2-1(3)4;/h4-10,17H,3,11-16,18H2,1-2H3;2-8,15,20H,9-14,16H2,1H3;1-7,14,19,21H,8-13,15H2;1-5,13-15H,6-10H2;2-3,6H,4-5H2,1H3;2H2,1H3;1H;1H. The number of alkyl halides is 3. The molecule has 4 aliphatic rings. The largest absolute Gasteiger partial charge is 1.00 e. The van der Waals surface area contributed by atoms with Crippen molar-refractivity contribution >= 4 is 136 Å². The summed E-state index contributed by atoms with van der Waals surface area (Å²) >= 11 is 26.4. The van der Waals surface area contributed by atoms with Crippen LogP contribution in [0.5, 0.6) is 0 Å². The highest BCUT2D eigenvalue weighted by atomic mass is 35.6. The van der Waals surface area contributed by atoms with Gasteiger partial charge in [-0.1, -0.05) is 146 Å². The van der Waals surface area contributed by atoms with Crippen LogP contribution in [0.1, 0.15) is 97.6 Å². The maximum absolute atomic E-state index is 12.9. The molecule has 1 amide bonds. The van der Waals surface area contributed by atoms with Crippen LogP contribution in [-0.2, 0) is 59.0 Å². The smallest absolute Gasteiger partial charge is 0.264 e. The van der Waals surface area contributed by atoms with Crippen LogP contribution in [0.15, 0.2) is 191 Å². The van der Waals surface area contributed by atoms with E-state index in [-0.39, 0.29) is 65.5 Å². The number of carbonyl (C=O) groups is 2. The van der Waals surface area contributed by atoms with Gasteiger partial charge in [-0.15, -0.1) is 45.3 Å². The lowest BCUT2D eigenvalue weighted by Gasteiger charge is -2.47. The van der Waals surface area contributed by atoms with Crippen molar-refractivity contribution in [2.24, 2.45) is 0 Å². The van der Waals surface area contributed by atoms with Gasteiger partial charge in [0.05, 0.1) is 81.1 Å². The van der Waals surface area contributed by atoms with Gasteiger partial charge in [0, 0.05) is 134 Å². The zero-order valence-electron chi connectivity index (χ0n) is 63.8. The second-order valence-corrected chi connectivity index (χ2v) is 35.5. The summed E-state index contributed by atoms with van der Waals surface area (Å²) in [5.74, 6) is 0.181. The molecule has 0 radical (unpaired) electrons. The van der Waals surface area contributed by atoms with Gasteiger partial charge >= 0.3 is 0 Å². The molecule has 8 aromatic rings. The predicted molar refractivity (Wildman–Crippen MR) is 457 cm³/mol. The summed E-state index contributed by atoms with van der Waals surface area (Å²) in [6.07, 6.45) is 14.2. The number of halogens is 5. The summed E-state index contributed by atoms with van der Waals surface area (Å²) in [4.78, 5) is 36.8. The first-order valence-corrected chi connectivity index (χ1v) is 44.3. The van der Waals surface area contributed by atoms with E-state index in [0.29, 0.717) is 25.9 Å². The quantitative estimate of drug-likeness (QED) is 0.0133. The molecule has 602 valence electrons. The minimum atomic E-state index is -3.27. The summed E-state index contributed by atoms with van der Waals surface area (Å²) in [5, 5.41) is 41.6. The third-order valence-corrected chi connectivity index (χ3v) is 24.0. The molecule has 8 heterocycles. The second kappa shape index (κ2) is 52.6. The molecular formula is C82H115Cl5N8O9S5. The minimum Gasteiger partial charge on any atom is -1.00 e. The van der Waals surface area contributed by atoms with Crippen LogP contribution in [0.3, 0.4) is 0 Å². The van der Waals surface area contributed by atoms with Gasteiger partial charge in [-0.05, 0) is 170 Å². The lowest BCUT2D eigenvalue weighted by atomic mass is 9.85. The third-order valence-electron chi connectivity index (χ3n) is 19.4. The van der Waals surface area contributed by atoms with Crippen molar-refractivity contribution in [3.63, 3.8) is 0 Å². The molecule has 109 heavy (non-hydrogen) atoms. The SMILES string of the molecule is CCC(=O)Cl.CCC(=O)N(c1ccccc1)C1(COC)CC[NH+](CCc2cccs2)CC1.COCC1(Nc2ccccc2)CCN(CCc2cccs2)CC1.CS(=O)(=O)OCCc1cccs1.ClC(Cl)Cl.OCC1(Nc2ccccc2)CCN(CCc2cccs2)CC1.OCC1(Nc2ccccc2)CCNCC1.[Cl-]. The Morgan fingerprint density at radius 2 is 0.908 bits per heavy atom. The van der Waals surface area contributed by atoms with E-state index in [1.807, 2.05) is 142 Å². The molecule has 0 unspecified atom stereocenters. The van der Waals surface area contributed by atoms with Gasteiger partial charge in [0.15, 0.2) is 4.30 Å². The van der Waals surface area contributed by atoms with Gasteiger partial charge in [-0.3, -0.25) is 13.8 Å². The third kappa shape index (κ3) is 36.5. The summed E-state index contributed by atoms with van der Waals surface area (Å²) in [6, 6.07) is 57.9. The minimum absolute atomic E-state index is 0. The molecule has 4 saturated heterocycles. The number of hydrogen-bond donors (Lipinski definition) is 7. The molecule has 27 heteroatoms. The molecule has 0 bridgehead atoms. The molecule has 0 saturated carbocycles. The number of anilines is 4. The monoisotopic (exact) mass is 1690 g/mol. The van der Waals surface area contributed by atoms with E-state index in [9.17, 15) is 28.2 Å². The number of nitrogens with one attached hydrogen (secondary N) is 5. The van der Waals surface area contributed by atoms with Gasteiger partial charge in [-0.2, -0.15) is 8.42 Å². The number of para-hydroxylation sites is 4. The van der Waals surface area contributed by atoms with Crippen LogP contribution >= 0.6 is 91.8 Å². The molecule has 0 spiro atoms. The van der Waals surface area contributed by atoms with Crippen LogP contribution in [-0.4, -0.2) is 192 Å². The van der Waals surface area contributed by atoms with E-state index >= 15 is 0 Å². The maximum Gasteiger partial charge on any atom is 0.264 e. The fraction of sp³-hybridized carbons (Fsp3) is 0.488. The number of amides is 1. The molecule has 12 rings (SSSR count). The topological polar surface area (TPSA) is 199 Å². The average Bonchev–Trinajstić information content (AvgIpc) is 1.27. The molecule has 0 aliphatic carbocycles. The number of rotatable bonds is 29. The van der Waals surface area contributed by atoms with Gasteiger partial charge in [0.25, 0.3) is 10.1 Å². The zero-order valence-corrected chi connectivity index (χ0v) is 71.7. The summed E-state index contributed by atoms with van der Waals surface area (Å²) in [5.41, 5.74) is 3.90. The number of likely N-dealkylation sites (tertiary alicyclic amines) is 3. The zero-order chi connectivity index (χ0) is 77.8. The Kier molecular flexibility index (Phi) is 45.8. The molecule has 0 atom stereocenters. The molecule has 17 nitrogen and oxygen atoms in total. The van der Waals surface area contributed by atoms with Crippen molar-refractivity contribution in [3.05, 3.63) is 211 Å². The number of aliphatic hydroxyl groups is 2. The first-order valence-electron chi connectivity index (χ1n) is 37.3. The van der Waals surface area contributed by atoms with Crippen LogP contribution in [0.25, 0.3) is 0 Å². The fourth-order valence-corrected chi connectivity index (χ4v) is 16.6. The lowest BCUT2D eigenvalue weighted by molar-refractivity contribution is -0.906. The van der Waals surface area contributed by atoms with Crippen molar-refractivity contribution in [3.8, 4) is 0 Å². The highest BCUT2D eigenvalue weighted by Gasteiger charge is 2.45. The Morgan fingerprint density at radius 1 is 0.541 bits per heavy atom. The van der Waals surface area contributed by atoms with Crippen LogP contribution in [0, 0.1) is 0 Å². The second-order valence-electron chi connectivity index (χ2n) is 27.4. The van der Waals surface area contributed by atoms with Gasteiger partial charge in [0.1, 0.15) is 0 Å². The fourth-order valence-electron chi connectivity index (χ4n) is 13.4. The van der Waals surface area contributed by atoms with E-state index in [0.717, 1.165) is 171 Å². The Bertz CT molecular complexity index is 3690. The Labute approximate surface area is 691 Å².